The summed E-state index contributed by atoms with van der Waals surface area (Å²) in [5.41, 5.74) is 3.87. The average molecular weight is 743 g/mol. The second kappa shape index (κ2) is 21.3. The van der Waals surface area contributed by atoms with E-state index in [9.17, 15) is 19.2 Å². The quantitative estimate of drug-likeness (QED) is 0.0583. The Morgan fingerprint density at radius 1 is 1.04 bits per heavy atom. The largest absolute Gasteiger partial charge is 0.543 e. The maximum atomic E-state index is 14.3. The number of esters is 1. The molecule has 1 heterocycles. The van der Waals surface area contributed by atoms with Crippen molar-refractivity contribution in [2.24, 2.45) is 11.8 Å². The van der Waals surface area contributed by atoms with E-state index >= 15 is 0 Å². The topological polar surface area (TPSA) is 135 Å². The summed E-state index contributed by atoms with van der Waals surface area (Å²) >= 11 is 0. The van der Waals surface area contributed by atoms with Gasteiger partial charge in [0.15, 0.2) is 0 Å². The van der Waals surface area contributed by atoms with E-state index in [1.54, 1.807) is 20.1 Å². The van der Waals surface area contributed by atoms with Crippen LogP contribution in [-0.4, -0.2) is 81.5 Å². The third kappa shape index (κ3) is 13.8. The summed E-state index contributed by atoms with van der Waals surface area (Å²) in [7, 11) is -0.582. The summed E-state index contributed by atoms with van der Waals surface area (Å²) < 4.78 is 17.6. The number of carbonyl (C=O) groups is 4. The van der Waals surface area contributed by atoms with Gasteiger partial charge in [-0.05, 0) is 86.7 Å². The summed E-state index contributed by atoms with van der Waals surface area (Å²) in [5.74, 6) is -1.68. The second-order valence-electron chi connectivity index (χ2n) is 15.7. The minimum absolute atomic E-state index is 0.0125. The van der Waals surface area contributed by atoms with Crippen LogP contribution in [0.15, 0.2) is 49.6 Å². The number of nitrogens with zero attached hydrogens (tertiary/aromatic N) is 1. The molecular weight excluding hydrogens is 677 g/mol. The standard InChI is InChI=1S/C40H66N4O7Si/c1-12-14-16-17-25-50-39(48)32-22-19-24-44(43-32)38(47)33(27-30-20-18-21-31(26-30)51-52(10,11)40(6,7)8)41-37(46)35(28(3)4)42-36(45)29(5)34(49-9)23-15-13-2/h12-13,18,20-21,26,28-29,32-35,43H,1-2,14-17,19,22-25,27H2,3-11H3,(H,41,46)(H,42,45)/t29-,32+,33+,34-,35+/m1/s1. The fourth-order valence-electron chi connectivity index (χ4n) is 5.69. The highest BCUT2D eigenvalue weighted by Gasteiger charge is 2.39. The maximum absolute atomic E-state index is 14.3. The van der Waals surface area contributed by atoms with E-state index in [4.69, 9.17) is 13.9 Å². The van der Waals surface area contributed by atoms with E-state index in [1.165, 1.54) is 5.01 Å². The summed E-state index contributed by atoms with van der Waals surface area (Å²) in [4.78, 5) is 54.6. The minimum Gasteiger partial charge on any atom is -0.543 e. The van der Waals surface area contributed by atoms with Crippen molar-refractivity contribution in [3.05, 3.63) is 55.1 Å². The molecule has 12 heteroatoms. The Labute approximate surface area is 313 Å². The number of rotatable bonds is 21. The van der Waals surface area contributed by atoms with Gasteiger partial charge in [0.2, 0.25) is 20.1 Å². The fourth-order valence-corrected chi connectivity index (χ4v) is 6.71. The molecule has 3 amide bonds. The fraction of sp³-hybridized carbons (Fsp3) is 0.650. The molecule has 0 unspecified atom stereocenters. The predicted octanol–water partition coefficient (Wildman–Crippen LogP) is 6.25. The first kappa shape index (κ1) is 44.7. The molecule has 0 aromatic heterocycles. The van der Waals surface area contributed by atoms with Gasteiger partial charge in [-0.3, -0.25) is 24.2 Å². The Bertz CT molecular complexity index is 1350. The lowest BCUT2D eigenvalue weighted by atomic mass is 9.96. The van der Waals surface area contributed by atoms with Crippen molar-refractivity contribution < 1.29 is 33.1 Å². The van der Waals surface area contributed by atoms with Crippen LogP contribution in [0.2, 0.25) is 18.1 Å². The van der Waals surface area contributed by atoms with Crippen LogP contribution in [0.5, 0.6) is 5.75 Å². The molecule has 11 nitrogen and oxygen atoms in total. The van der Waals surface area contributed by atoms with Crippen LogP contribution >= 0.6 is 0 Å². The van der Waals surface area contributed by atoms with Gasteiger partial charge in [-0.2, -0.15) is 0 Å². The number of nitrogens with one attached hydrogen (secondary N) is 3. The van der Waals surface area contributed by atoms with Crippen LogP contribution < -0.4 is 20.5 Å². The number of unbranched alkanes of at least 4 members (excludes halogenated alkanes) is 2. The average Bonchev–Trinajstić information content (AvgIpc) is 3.09. The molecule has 1 aromatic carbocycles. The zero-order valence-electron chi connectivity index (χ0n) is 33.2. The molecule has 0 aliphatic carbocycles. The number of methoxy groups -OCH3 is 1. The van der Waals surface area contributed by atoms with Crippen molar-refractivity contribution in [3.63, 3.8) is 0 Å². The lowest BCUT2D eigenvalue weighted by Crippen LogP contribution is -2.62. The minimum atomic E-state index is -2.15. The smallest absolute Gasteiger partial charge is 0.324 e. The van der Waals surface area contributed by atoms with Crippen molar-refractivity contribution in [2.75, 3.05) is 20.3 Å². The van der Waals surface area contributed by atoms with Crippen molar-refractivity contribution in [3.8, 4) is 5.75 Å². The number of hydrazine groups is 1. The van der Waals surface area contributed by atoms with E-state index in [2.05, 4.69) is 63.1 Å². The van der Waals surface area contributed by atoms with E-state index in [0.29, 0.717) is 44.6 Å². The highest BCUT2D eigenvalue weighted by atomic mass is 28.4. The molecule has 2 rings (SSSR count). The first-order valence-electron chi connectivity index (χ1n) is 18.8. The van der Waals surface area contributed by atoms with E-state index < -0.39 is 50.1 Å². The first-order valence-corrected chi connectivity index (χ1v) is 21.7. The van der Waals surface area contributed by atoms with Crippen LogP contribution in [0.4, 0.5) is 0 Å². The van der Waals surface area contributed by atoms with Gasteiger partial charge < -0.3 is 24.5 Å². The van der Waals surface area contributed by atoms with Gasteiger partial charge in [-0.1, -0.05) is 65.8 Å². The summed E-state index contributed by atoms with van der Waals surface area (Å²) in [6, 6.07) is 5.01. The molecule has 292 valence electrons. The Balaban J connectivity index is 2.35. The van der Waals surface area contributed by atoms with Crippen molar-refractivity contribution in [2.45, 2.75) is 135 Å². The van der Waals surface area contributed by atoms with Crippen LogP contribution in [-0.2, 0) is 35.1 Å². The summed E-state index contributed by atoms with van der Waals surface area (Å²) in [6.07, 6.45) is 8.30. The number of hydrogen-bond acceptors (Lipinski definition) is 8. The molecule has 3 N–H and O–H groups in total. The highest BCUT2D eigenvalue weighted by Crippen LogP contribution is 2.37. The number of carbonyl (C=O) groups excluding carboxylic acids is 4. The van der Waals surface area contributed by atoms with Crippen LogP contribution in [0, 0.1) is 11.8 Å². The summed E-state index contributed by atoms with van der Waals surface area (Å²) in [6.45, 7) is 24.5. The molecule has 0 radical (unpaired) electrons. The predicted molar refractivity (Wildman–Crippen MR) is 209 cm³/mol. The van der Waals surface area contributed by atoms with Crippen LogP contribution in [0.3, 0.4) is 0 Å². The molecule has 1 aliphatic rings. The lowest BCUT2D eigenvalue weighted by Gasteiger charge is -2.36. The van der Waals surface area contributed by atoms with Gasteiger partial charge in [0.05, 0.1) is 18.6 Å². The second-order valence-corrected chi connectivity index (χ2v) is 20.4. The third-order valence-electron chi connectivity index (χ3n) is 10.1. The van der Waals surface area contributed by atoms with Gasteiger partial charge in [-0.15, -0.1) is 13.2 Å². The first-order chi connectivity index (χ1) is 24.4. The lowest BCUT2D eigenvalue weighted by molar-refractivity contribution is -0.153. The molecule has 1 saturated heterocycles. The van der Waals surface area contributed by atoms with Gasteiger partial charge in [0, 0.05) is 20.1 Å². The number of hydrogen-bond donors (Lipinski definition) is 3. The zero-order chi connectivity index (χ0) is 39.1. The van der Waals surface area contributed by atoms with Gasteiger partial charge in [-0.25, -0.2) is 5.43 Å². The Kier molecular flexibility index (Phi) is 18.3. The molecular formula is C40H66N4O7Si. The van der Waals surface area contributed by atoms with Crippen molar-refractivity contribution >= 4 is 32.0 Å². The third-order valence-corrected chi connectivity index (χ3v) is 14.5. The number of ether oxygens (including phenoxy) is 2. The molecule has 1 fully saturated rings. The molecule has 1 aliphatic heterocycles. The number of benzene rings is 1. The highest BCUT2D eigenvalue weighted by molar-refractivity contribution is 6.74. The normalized spacial score (nSPS) is 17.3. The number of amides is 3. The van der Waals surface area contributed by atoms with Gasteiger partial charge in [0.1, 0.15) is 23.9 Å². The molecule has 0 bridgehead atoms. The van der Waals surface area contributed by atoms with E-state index in [1.807, 2.05) is 44.2 Å². The zero-order valence-corrected chi connectivity index (χ0v) is 34.2. The van der Waals surface area contributed by atoms with E-state index in [-0.39, 0.29) is 29.4 Å². The van der Waals surface area contributed by atoms with Gasteiger partial charge >= 0.3 is 5.97 Å². The Morgan fingerprint density at radius 3 is 2.35 bits per heavy atom. The monoisotopic (exact) mass is 742 g/mol. The summed E-state index contributed by atoms with van der Waals surface area (Å²) in [5, 5.41) is 7.29. The SMILES string of the molecule is C=CCCCCOC(=O)[C@@H]1CCCN(C(=O)[C@H](Cc2cccc(O[Si](C)(C)C(C)(C)C)c2)NC(=O)[C@@H](NC(=O)[C@H](C)[C@@H](CCC=C)OC)C(C)C)N1. The Morgan fingerprint density at radius 2 is 1.73 bits per heavy atom. The molecule has 5 atom stereocenters. The van der Waals surface area contributed by atoms with Crippen molar-refractivity contribution in [1.82, 2.24) is 21.1 Å². The molecule has 1 aromatic rings. The molecule has 52 heavy (non-hydrogen) atoms. The van der Waals surface area contributed by atoms with Crippen LogP contribution in [0.1, 0.15) is 92.1 Å². The van der Waals surface area contributed by atoms with Crippen molar-refractivity contribution in [1.29, 1.82) is 0 Å². The Hall–Kier alpha value is -3.48. The van der Waals surface area contributed by atoms with Crippen LogP contribution in [0.25, 0.3) is 0 Å². The molecule has 0 spiro atoms. The van der Waals surface area contributed by atoms with E-state index in [0.717, 1.165) is 24.8 Å². The maximum Gasteiger partial charge on any atom is 0.324 e. The number of allylic oxidation sites excluding steroid dienone is 2. The van der Waals surface area contributed by atoms with Gasteiger partial charge in [0.25, 0.3) is 5.91 Å². The molecule has 0 saturated carbocycles.